The van der Waals surface area contributed by atoms with Crippen LogP contribution in [0.15, 0.2) is 34.1 Å². The van der Waals surface area contributed by atoms with Gasteiger partial charge in [0.25, 0.3) is 0 Å². The molecule has 0 spiro atoms. The molecule has 5 heteroatoms. The highest BCUT2D eigenvalue weighted by molar-refractivity contribution is 9.10. The molecule has 0 aliphatic carbocycles. The van der Waals surface area contributed by atoms with Crippen LogP contribution in [0.3, 0.4) is 0 Å². The van der Waals surface area contributed by atoms with E-state index >= 15 is 0 Å². The summed E-state index contributed by atoms with van der Waals surface area (Å²) < 4.78 is 1.06. The lowest BCUT2D eigenvalue weighted by Crippen LogP contribution is -1.98. The lowest BCUT2D eigenvalue weighted by atomic mass is 10.2. The zero-order valence-electron chi connectivity index (χ0n) is 9.60. The predicted molar refractivity (Wildman–Crippen MR) is 75.0 cm³/mol. The smallest absolute Gasteiger partial charge is 0.303 e. The molecule has 0 saturated heterocycles. The van der Waals surface area contributed by atoms with Crippen LogP contribution in [-0.4, -0.2) is 16.1 Å². The third-order valence-corrected chi connectivity index (χ3v) is 3.83. The standard InChI is InChI=1S/C13H12BrNO2S/c14-10-3-1-2-9(6-10)7-12-15-11(8-18-12)4-5-13(16)17/h1-3,6,8H,4-5,7H2,(H,16,17). The number of hydrogen-bond acceptors (Lipinski definition) is 3. The largest absolute Gasteiger partial charge is 0.481 e. The number of hydrogen-bond donors (Lipinski definition) is 1. The van der Waals surface area contributed by atoms with E-state index in [0.29, 0.717) is 6.42 Å². The maximum absolute atomic E-state index is 10.5. The molecule has 1 N–H and O–H groups in total. The van der Waals surface area contributed by atoms with Gasteiger partial charge in [0.2, 0.25) is 0 Å². The fourth-order valence-corrected chi connectivity index (χ4v) is 2.91. The van der Waals surface area contributed by atoms with Gasteiger partial charge in [-0.3, -0.25) is 4.79 Å². The summed E-state index contributed by atoms with van der Waals surface area (Å²) in [6, 6.07) is 8.11. The quantitative estimate of drug-likeness (QED) is 0.915. The van der Waals surface area contributed by atoms with E-state index in [1.807, 2.05) is 17.5 Å². The highest BCUT2D eigenvalue weighted by Crippen LogP contribution is 2.18. The first-order valence-corrected chi connectivity index (χ1v) is 7.20. The van der Waals surface area contributed by atoms with E-state index in [9.17, 15) is 4.79 Å². The minimum absolute atomic E-state index is 0.139. The van der Waals surface area contributed by atoms with E-state index in [1.54, 1.807) is 11.3 Å². The molecule has 1 heterocycles. The number of benzene rings is 1. The number of aryl methyl sites for hydroxylation is 1. The number of carbonyl (C=O) groups is 1. The third-order valence-electron chi connectivity index (χ3n) is 2.44. The highest BCUT2D eigenvalue weighted by atomic mass is 79.9. The number of halogens is 1. The summed E-state index contributed by atoms with van der Waals surface area (Å²) in [7, 11) is 0. The van der Waals surface area contributed by atoms with Crippen LogP contribution in [0.2, 0.25) is 0 Å². The lowest BCUT2D eigenvalue weighted by Gasteiger charge is -1.98. The fourth-order valence-electron chi connectivity index (χ4n) is 1.60. The van der Waals surface area contributed by atoms with Crippen LogP contribution in [0.1, 0.15) is 22.7 Å². The van der Waals surface area contributed by atoms with Gasteiger partial charge in [-0.05, 0) is 17.7 Å². The molecule has 2 aromatic rings. The Labute approximate surface area is 118 Å². The molecule has 0 unspecified atom stereocenters. The van der Waals surface area contributed by atoms with Crippen LogP contribution in [0.25, 0.3) is 0 Å². The second-order valence-corrected chi connectivity index (χ2v) is 5.79. The van der Waals surface area contributed by atoms with E-state index in [1.165, 1.54) is 5.56 Å². The van der Waals surface area contributed by atoms with Crippen molar-refractivity contribution in [2.24, 2.45) is 0 Å². The molecule has 0 aliphatic rings. The van der Waals surface area contributed by atoms with Gasteiger partial charge in [0, 0.05) is 22.7 Å². The number of carboxylic acid groups (broad SMARTS) is 1. The summed E-state index contributed by atoms with van der Waals surface area (Å²) in [6.45, 7) is 0. The van der Waals surface area contributed by atoms with E-state index < -0.39 is 5.97 Å². The molecule has 0 fully saturated rings. The number of thiazole rings is 1. The molecule has 94 valence electrons. The minimum atomic E-state index is -0.781. The van der Waals surface area contributed by atoms with Gasteiger partial charge in [-0.15, -0.1) is 11.3 Å². The van der Waals surface area contributed by atoms with Crippen molar-refractivity contribution in [2.75, 3.05) is 0 Å². The van der Waals surface area contributed by atoms with Gasteiger partial charge in [-0.2, -0.15) is 0 Å². The Hall–Kier alpha value is -1.20. The molecule has 2 rings (SSSR count). The van der Waals surface area contributed by atoms with Crippen molar-refractivity contribution in [1.29, 1.82) is 0 Å². The molecule has 1 aromatic carbocycles. The number of rotatable bonds is 5. The van der Waals surface area contributed by atoms with Gasteiger partial charge in [-0.1, -0.05) is 28.1 Å². The molecule has 0 amide bonds. The molecule has 18 heavy (non-hydrogen) atoms. The Balaban J connectivity index is 2.00. The van der Waals surface area contributed by atoms with Crippen molar-refractivity contribution < 1.29 is 9.90 Å². The number of aliphatic carboxylic acids is 1. The van der Waals surface area contributed by atoms with Gasteiger partial charge in [0.15, 0.2) is 0 Å². The lowest BCUT2D eigenvalue weighted by molar-refractivity contribution is -0.136. The second-order valence-electron chi connectivity index (χ2n) is 3.93. The first kappa shape index (κ1) is 13.2. The molecule has 0 atom stereocenters. The van der Waals surface area contributed by atoms with Crippen molar-refractivity contribution in [3.8, 4) is 0 Å². The Kier molecular flexibility index (Phi) is 4.49. The van der Waals surface area contributed by atoms with Crippen LogP contribution in [0.5, 0.6) is 0 Å². The maximum atomic E-state index is 10.5. The zero-order valence-corrected chi connectivity index (χ0v) is 12.0. The Morgan fingerprint density at radius 3 is 3.00 bits per heavy atom. The summed E-state index contributed by atoms with van der Waals surface area (Å²) in [5.74, 6) is -0.781. The molecule has 0 saturated carbocycles. The summed E-state index contributed by atoms with van der Waals surface area (Å²) in [6.07, 6.45) is 1.43. The second kappa shape index (κ2) is 6.11. The van der Waals surface area contributed by atoms with Crippen LogP contribution < -0.4 is 0 Å². The molecule has 3 nitrogen and oxygen atoms in total. The van der Waals surface area contributed by atoms with E-state index in [4.69, 9.17) is 5.11 Å². The number of nitrogens with zero attached hydrogens (tertiary/aromatic N) is 1. The van der Waals surface area contributed by atoms with E-state index in [2.05, 4.69) is 33.0 Å². The van der Waals surface area contributed by atoms with Crippen molar-refractivity contribution >= 4 is 33.2 Å². The highest BCUT2D eigenvalue weighted by Gasteiger charge is 2.05. The summed E-state index contributed by atoms with van der Waals surface area (Å²) >= 11 is 5.02. The van der Waals surface area contributed by atoms with Crippen molar-refractivity contribution in [1.82, 2.24) is 4.98 Å². The number of aromatic nitrogens is 1. The van der Waals surface area contributed by atoms with Crippen LogP contribution in [0, 0.1) is 0 Å². The first-order valence-electron chi connectivity index (χ1n) is 5.53. The van der Waals surface area contributed by atoms with Gasteiger partial charge >= 0.3 is 5.97 Å². The average Bonchev–Trinajstić information content (AvgIpc) is 2.74. The molecule has 0 aliphatic heterocycles. The summed E-state index contributed by atoms with van der Waals surface area (Å²) in [5, 5.41) is 11.6. The van der Waals surface area contributed by atoms with Crippen molar-refractivity contribution in [3.63, 3.8) is 0 Å². The van der Waals surface area contributed by atoms with E-state index in [0.717, 1.165) is 21.6 Å². The molecular formula is C13H12BrNO2S. The first-order chi connectivity index (χ1) is 8.63. The molecule has 0 radical (unpaired) electrons. The maximum Gasteiger partial charge on any atom is 0.303 e. The van der Waals surface area contributed by atoms with Crippen LogP contribution >= 0.6 is 27.3 Å². The average molecular weight is 326 g/mol. The van der Waals surface area contributed by atoms with Crippen LogP contribution in [0.4, 0.5) is 0 Å². The summed E-state index contributed by atoms with van der Waals surface area (Å²) in [5.41, 5.74) is 2.07. The Morgan fingerprint density at radius 2 is 2.28 bits per heavy atom. The molecular weight excluding hydrogens is 314 g/mol. The SMILES string of the molecule is O=C(O)CCc1csc(Cc2cccc(Br)c2)n1. The van der Waals surface area contributed by atoms with Gasteiger partial charge in [-0.25, -0.2) is 4.98 Å². The van der Waals surface area contributed by atoms with Gasteiger partial charge in [0.05, 0.1) is 17.1 Å². The van der Waals surface area contributed by atoms with Crippen molar-refractivity contribution in [3.05, 3.63) is 50.4 Å². The fraction of sp³-hybridized carbons (Fsp3) is 0.231. The normalized spacial score (nSPS) is 10.5. The Morgan fingerprint density at radius 1 is 1.44 bits per heavy atom. The number of carboxylic acids is 1. The minimum Gasteiger partial charge on any atom is -0.481 e. The molecule has 1 aromatic heterocycles. The van der Waals surface area contributed by atoms with Crippen LogP contribution in [-0.2, 0) is 17.6 Å². The zero-order chi connectivity index (χ0) is 13.0. The third kappa shape index (κ3) is 3.92. The topological polar surface area (TPSA) is 50.2 Å². The Bertz CT molecular complexity index is 553. The van der Waals surface area contributed by atoms with Crippen molar-refractivity contribution in [2.45, 2.75) is 19.3 Å². The van der Waals surface area contributed by atoms with Gasteiger partial charge in [0.1, 0.15) is 0 Å². The predicted octanol–water partition coefficient (Wildman–Crippen LogP) is 3.51. The monoisotopic (exact) mass is 325 g/mol. The van der Waals surface area contributed by atoms with E-state index in [-0.39, 0.29) is 6.42 Å². The summed E-state index contributed by atoms with van der Waals surface area (Å²) in [4.78, 5) is 14.9. The van der Waals surface area contributed by atoms with Gasteiger partial charge < -0.3 is 5.11 Å². The molecule has 0 bridgehead atoms.